The molecule has 1 N–H and O–H groups in total. The third-order valence-corrected chi connectivity index (χ3v) is 5.46. The summed E-state index contributed by atoms with van der Waals surface area (Å²) in [6, 6.07) is 12.3. The van der Waals surface area contributed by atoms with Crippen LogP contribution in [0.3, 0.4) is 0 Å². The molecule has 0 atom stereocenters. The summed E-state index contributed by atoms with van der Waals surface area (Å²) >= 11 is 1.58. The lowest BCUT2D eigenvalue weighted by Crippen LogP contribution is -2.23. The molecule has 0 saturated heterocycles. The van der Waals surface area contributed by atoms with Crippen LogP contribution in [0.1, 0.15) is 38.5 Å². The fourth-order valence-electron chi connectivity index (χ4n) is 2.73. The Balaban J connectivity index is 1.69. The molecule has 1 aromatic heterocycles. The van der Waals surface area contributed by atoms with Gasteiger partial charge in [-0.05, 0) is 50.1 Å². The molecule has 6 heteroatoms. The number of halogens is 1. The molecule has 0 bridgehead atoms. The van der Waals surface area contributed by atoms with Gasteiger partial charge in [-0.25, -0.2) is 4.39 Å². The quantitative estimate of drug-likeness (QED) is 0.610. The lowest BCUT2D eigenvalue weighted by molar-refractivity contribution is 0.0948. The van der Waals surface area contributed by atoms with Crippen molar-refractivity contribution in [3.63, 3.8) is 0 Å². The second-order valence-electron chi connectivity index (χ2n) is 6.35. The Hall–Kier alpha value is -2.60. The molecule has 3 rings (SSSR count). The number of thioether (sulfide) groups is 1. The molecule has 0 aliphatic carbocycles. The lowest BCUT2D eigenvalue weighted by Gasteiger charge is -2.10. The van der Waals surface area contributed by atoms with Gasteiger partial charge in [-0.2, -0.15) is 0 Å². The maximum absolute atomic E-state index is 13.4. The first-order valence-corrected chi connectivity index (χ1v) is 9.61. The van der Waals surface area contributed by atoms with E-state index >= 15 is 0 Å². The van der Waals surface area contributed by atoms with Crippen LogP contribution in [0.2, 0.25) is 0 Å². The first-order valence-electron chi connectivity index (χ1n) is 8.62. The molecule has 140 valence electrons. The van der Waals surface area contributed by atoms with E-state index in [-0.39, 0.29) is 11.7 Å². The summed E-state index contributed by atoms with van der Waals surface area (Å²) in [4.78, 5) is 13.6. The van der Waals surface area contributed by atoms with Crippen molar-refractivity contribution in [3.8, 4) is 0 Å². The second-order valence-corrected chi connectivity index (χ2v) is 7.37. The predicted octanol–water partition coefficient (Wildman–Crippen LogP) is 4.96. The van der Waals surface area contributed by atoms with Gasteiger partial charge in [0.05, 0.1) is 11.3 Å². The lowest BCUT2D eigenvalue weighted by atomic mass is 10.1. The van der Waals surface area contributed by atoms with Crippen LogP contribution in [0.4, 0.5) is 4.39 Å². The highest BCUT2D eigenvalue weighted by atomic mass is 32.2. The largest absolute Gasteiger partial charge is 0.361 e. The summed E-state index contributed by atoms with van der Waals surface area (Å²) in [7, 11) is 0. The van der Waals surface area contributed by atoms with Crippen LogP contribution in [0.5, 0.6) is 0 Å². The van der Waals surface area contributed by atoms with Crippen molar-refractivity contribution in [2.24, 2.45) is 0 Å². The Kier molecular flexibility index (Phi) is 5.96. The van der Waals surface area contributed by atoms with Crippen molar-refractivity contribution in [2.45, 2.75) is 38.0 Å². The Morgan fingerprint density at radius 1 is 1.19 bits per heavy atom. The van der Waals surface area contributed by atoms with E-state index in [1.807, 2.05) is 32.0 Å². The van der Waals surface area contributed by atoms with E-state index in [1.54, 1.807) is 36.9 Å². The van der Waals surface area contributed by atoms with E-state index in [2.05, 4.69) is 10.5 Å². The number of carbonyl (C=O) groups is 1. The number of nitrogens with one attached hydrogen (secondary N) is 1. The van der Waals surface area contributed by atoms with Crippen LogP contribution in [-0.4, -0.2) is 11.1 Å². The Bertz CT molecular complexity index is 949. The molecule has 0 spiro atoms. The topological polar surface area (TPSA) is 55.1 Å². The average molecular weight is 384 g/mol. The number of rotatable bonds is 6. The van der Waals surface area contributed by atoms with Crippen LogP contribution in [0.15, 0.2) is 51.9 Å². The summed E-state index contributed by atoms with van der Waals surface area (Å²) in [5, 5.41) is 6.88. The number of aryl methyl sites for hydroxylation is 3. The smallest absolute Gasteiger partial charge is 0.252 e. The normalized spacial score (nSPS) is 10.8. The van der Waals surface area contributed by atoms with Crippen molar-refractivity contribution >= 4 is 17.7 Å². The van der Waals surface area contributed by atoms with Gasteiger partial charge in [-0.1, -0.05) is 29.4 Å². The number of benzene rings is 2. The molecule has 27 heavy (non-hydrogen) atoms. The molecule has 0 fully saturated rings. The highest BCUT2D eigenvalue weighted by Crippen LogP contribution is 2.28. The highest BCUT2D eigenvalue weighted by Gasteiger charge is 2.14. The van der Waals surface area contributed by atoms with Crippen molar-refractivity contribution in [1.29, 1.82) is 0 Å². The van der Waals surface area contributed by atoms with E-state index in [1.165, 1.54) is 6.07 Å². The summed E-state index contributed by atoms with van der Waals surface area (Å²) in [5.41, 5.74) is 3.97. The molecule has 0 unspecified atom stereocenters. The molecule has 4 nitrogen and oxygen atoms in total. The van der Waals surface area contributed by atoms with Crippen LogP contribution >= 0.6 is 11.8 Å². The third kappa shape index (κ3) is 4.57. The monoisotopic (exact) mass is 384 g/mol. The van der Waals surface area contributed by atoms with E-state index in [4.69, 9.17) is 4.52 Å². The van der Waals surface area contributed by atoms with Gasteiger partial charge in [0.1, 0.15) is 11.6 Å². The predicted molar refractivity (Wildman–Crippen MR) is 104 cm³/mol. The first-order chi connectivity index (χ1) is 13.0. The number of carbonyl (C=O) groups excluding carboxylic acids is 1. The Labute approximate surface area is 162 Å². The Morgan fingerprint density at radius 2 is 1.96 bits per heavy atom. The minimum Gasteiger partial charge on any atom is -0.361 e. The molecule has 0 saturated carbocycles. The number of aromatic nitrogens is 1. The molecule has 0 aliphatic rings. The van der Waals surface area contributed by atoms with Gasteiger partial charge in [-0.15, -0.1) is 11.8 Å². The van der Waals surface area contributed by atoms with Gasteiger partial charge in [0.25, 0.3) is 5.91 Å². The summed E-state index contributed by atoms with van der Waals surface area (Å²) in [6.07, 6.45) is 0. The van der Waals surface area contributed by atoms with Gasteiger partial charge in [-0.3, -0.25) is 4.79 Å². The number of hydrogen-bond donors (Lipinski definition) is 1. The molecule has 1 heterocycles. The first kappa shape index (κ1) is 19.2. The van der Waals surface area contributed by atoms with E-state index in [9.17, 15) is 9.18 Å². The maximum Gasteiger partial charge on any atom is 0.252 e. The average Bonchev–Trinajstić information content (AvgIpc) is 2.99. The minimum absolute atomic E-state index is 0.154. The second kappa shape index (κ2) is 8.39. The zero-order valence-electron chi connectivity index (χ0n) is 15.5. The standard InChI is InChI=1S/C21H21FN2O2S/c1-13-10-16(8-9-19(13)22)11-23-21(25)17-6-4-5-7-20(17)27-12-18-14(2)24-26-15(18)3/h4-10H,11-12H2,1-3H3,(H,23,25). The van der Waals surface area contributed by atoms with Crippen molar-refractivity contribution in [2.75, 3.05) is 0 Å². The number of nitrogens with zero attached hydrogens (tertiary/aromatic N) is 1. The summed E-state index contributed by atoms with van der Waals surface area (Å²) in [6.45, 7) is 5.86. The van der Waals surface area contributed by atoms with E-state index in [0.29, 0.717) is 23.4 Å². The van der Waals surface area contributed by atoms with Crippen LogP contribution in [-0.2, 0) is 12.3 Å². The summed E-state index contributed by atoms with van der Waals surface area (Å²) in [5.74, 6) is 1.08. The zero-order valence-corrected chi connectivity index (χ0v) is 16.3. The number of hydrogen-bond acceptors (Lipinski definition) is 4. The van der Waals surface area contributed by atoms with Gasteiger partial charge in [0, 0.05) is 22.8 Å². The summed E-state index contributed by atoms with van der Waals surface area (Å²) < 4.78 is 18.6. The van der Waals surface area contributed by atoms with E-state index < -0.39 is 0 Å². The van der Waals surface area contributed by atoms with E-state index in [0.717, 1.165) is 27.5 Å². The molecular weight excluding hydrogens is 363 g/mol. The van der Waals surface area contributed by atoms with Crippen molar-refractivity contribution in [3.05, 3.63) is 82.0 Å². The molecule has 0 aliphatic heterocycles. The molecule has 1 amide bonds. The SMILES string of the molecule is Cc1cc(CNC(=O)c2ccccc2SCc2c(C)noc2C)ccc1F. The molecule has 2 aromatic carbocycles. The number of amides is 1. The fourth-order valence-corrected chi connectivity index (χ4v) is 3.94. The molecule has 0 radical (unpaired) electrons. The van der Waals surface area contributed by atoms with Gasteiger partial charge < -0.3 is 9.84 Å². The Morgan fingerprint density at radius 3 is 2.67 bits per heavy atom. The third-order valence-electron chi connectivity index (χ3n) is 4.36. The zero-order chi connectivity index (χ0) is 19.4. The van der Waals surface area contributed by atoms with Gasteiger partial charge in [0.15, 0.2) is 0 Å². The van der Waals surface area contributed by atoms with Crippen LogP contribution < -0.4 is 5.32 Å². The van der Waals surface area contributed by atoms with Crippen molar-refractivity contribution < 1.29 is 13.7 Å². The molecule has 3 aromatic rings. The highest BCUT2D eigenvalue weighted by molar-refractivity contribution is 7.98. The van der Waals surface area contributed by atoms with Gasteiger partial charge in [0.2, 0.25) is 0 Å². The fraction of sp³-hybridized carbons (Fsp3) is 0.238. The van der Waals surface area contributed by atoms with Gasteiger partial charge >= 0.3 is 0 Å². The minimum atomic E-state index is -0.244. The molecular formula is C21H21FN2O2S. The van der Waals surface area contributed by atoms with Crippen molar-refractivity contribution in [1.82, 2.24) is 10.5 Å². The maximum atomic E-state index is 13.4. The van der Waals surface area contributed by atoms with Crippen LogP contribution in [0.25, 0.3) is 0 Å². The van der Waals surface area contributed by atoms with Crippen LogP contribution in [0, 0.1) is 26.6 Å².